The van der Waals surface area contributed by atoms with Crippen LogP contribution in [0.4, 0.5) is 9.18 Å². The Balaban J connectivity index is 1.83. The van der Waals surface area contributed by atoms with Crippen LogP contribution in [0.1, 0.15) is 18.1 Å². The zero-order valence-electron chi connectivity index (χ0n) is 10.7. The lowest BCUT2D eigenvalue weighted by atomic mass is 10.0. The molecule has 0 spiro atoms. The van der Waals surface area contributed by atoms with Crippen molar-refractivity contribution in [2.75, 3.05) is 13.1 Å². The summed E-state index contributed by atoms with van der Waals surface area (Å²) in [6.07, 6.45) is 1.45. The van der Waals surface area contributed by atoms with E-state index in [0.717, 1.165) is 18.1 Å². The van der Waals surface area contributed by atoms with Gasteiger partial charge in [0.25, 0.3) is 0 Å². The molecule has 1 aliphatic heterocycles. The molecule has 104 valence electrons. The average molecular weight is 276 g/mol. The molecule has 1 atom stereocenters. The first kappa shape index (κ1) is 12.7. The fourth-order valence-corrected chi connectivity index (χ4v) is 2.52. The van der Waals surface area contributed by atoms with E-state index in [-0.39, 0.29) is 11.7 Å². The summed E-state index contributed by atoms with van der Waals surface area (Å²) in [5, 5.41) is 4.65. The number of halogens is 1. The van der Waals surface area contributed by atoms with Crippen molar-refractivity contribution in [2.45, 2.75) is 12.3 Å². The molecular formula is C14H13FN2O3. The lowest BCUT2D eigenvalue weighted by molar-refractivity contribution is 0.146. The first-order valence-electron chi connectivity index (χ1n) is 6.30. The van der Waals surface area contributed by atoms with Gasteiger partial charge in [-0.3, -0.25) is 0 Å². The summed E-state index contributed by atoms with van der Waals surface area (Å²) in [6.45, 7) is 4.43. The first-order chi connectivity index (χ1) is 9.69. The van der Waals surface area contributed by atoms with Crippen LogP contribution >= 0.6 is 0 Å². The zero-order valence-corrected chi connectivity index (χ0v) is 10.7. The average Bonchev–Trinajstić information content (AvgIpc) is 3.04. The first-order valence-corrected chi connectivity index (χ1v) is 6.30. The van der Waals surface area contributed by atoms with Crippen molar-refractivity contribution < 1.29 is 18.4 Å². The van der Waals surface area contributed by atoms with Gasteiger partial charge >= 0.3 is 6.09 Å². The van der Waals surface area contributed by atoms with E-state index in [1.807, 2.05) is 0 Å². The molecular weight excluding hydrogens is 263 g/mol. The van der Waals surface area contributed by atoms with Crippen LogP contribution in [0.2, 0.25) is 0 Å². The predicted molar refractivity (Wildman–Crippen MR) is 69.6 cm³/mol. The molecule has 0 bridgehead atoms. The second-order valence-electron chi connectivity index (χ2n) is 4.69. The lowest BCUT2D eigenvalue weighted by Crippen LogP contribution is -2.27. The molecule has 0 radical (unpaired) electrons. The largest absolute Gasteiger partial charge is 0.419 e. The number of nitrogens with zero attached hydrogens (tertiary/aromatic N) is 2. The number of ether oxygens (including phenoxy) is 1. The van der Waals surface area contributed by atoms with Crippen LogP contribution in [0.25, 0.3) is 10.9 Å². The normalized spacial score (nSPS) is 18.4. The van der Waals surface area contributed by atoms with Crippen LogP contribution in [-0.4, -0.2) is 29.2 Å². The van der Waals surface area contributed by atoms with Gasteiger partial charge in [-0.05, 0) is 18.6 Å². The summed E-state index contributed by atoms with van der Waals surface area (Å²) in [5.41, 5.74) is 0.493. The number of likely N-dealkylation sites (tertiary alicyclic amines) is 1. The smallest absolute Gasteiger partial charge is 0.414 e. The summed E-state index contributed by atoms with van der Waals surface area (Å²) in [6, 6.07) is 4.37. The summed E-state index contributed by atoms with van der Waals surface area (Å²) < 4.78 is 23.2. The Kier molecular flexibility index (Phi) is 3.14. The molecule has 6 heteroatoms. The van der Waals surface area contributed by atoms with Crippen molar-refractivity contribution in [1.29, 1.82) is 0 Å². The fourth-order valence-electron chi connectivity index (χ4n) is 2.52. The molecule has 1 aromatic heterocycles. The van der Waals surface area contributed by atoms with Gasteiger partial charge in [0.05, 0.1) is 6.26 Å². The minimum atomic E-state index is -0.419. The molecule has 1 unspecified atom stereocenters. The molecule has 0 saturated carbocycles. The number of carbonyl (C=O) groups excluding carboxylic acids is 1. The number of benzene rings is 1. The summed E-state index contributed by atoms with van der Waals surface area (Å²) in [7, 11) is 0. The Labute approximate surface area is 114 Å². The van der Waals surface area contributed by atoms with Crippen LogP contribution in [0, 0.1) is 5.82 Å². The third kappa shape index (κ3) is 2.13. The minimum absolute atomic E-state index is 0.0443. The van der Waals surface area contributed by atoms with Gasteiger partial charge in [-0.15, -0.1) is 0 Å². The highest BCUT2D eigenvalue weighted by Gasteiger charge is 2.31. The lowest BCUT2D eigenvalue weighted by Gasteiger charge is -2.13. The zero-order chi connectivity index (χ0) is 14.1. The molecule has 1 aromatic carbocycles. The predicted octanol–water partition coefficient (Wildman–Crippen LogP) is 3.04. The Morgan fingerprint density at radius 1 is 1.60 bits per heavy atom. The van der Waals surface area contributed by atoms with E-state index in [1.54, 1.807) is 11.0 Å². The van der Waals surface area contributed by atoms with Crippen LogP contribution in [-0.2, 0) is 4.74 Å². The molecule has 5 nitrogen and oxygen atoms in total. The summed E-state index contributed by atoms with van der Waals surface area (Å²) >= 11 is 0. The van der Waals surface area contributed by atoms with Crippen LogP contribution in [0.5, 0.6) is 0 Å². The number of fused-ring (bicyclic) bond motifs is 1. The maximum atomic E-state index is 13.1. The third-order valence-corrected chi connectivity index (χ3v) is 3.47. The highest BCUT2D eigenvalue weighted by molar-refractivity contribution is 5.81. The molecule has 20 heavy (non-hydrogen) atoms. The molecule has 1 amide bonds. The molecule has 2 aromatic rings. The van der Waals surface area contributed by atoms with Crippen molar-refractivity contribution in [2.24, 2.45) is 0 Å². The maximum Gasteiger partial charge on any atom is 0.414 e. The van der Waals surface area contributed by atoms with E-state index in [4.69, 9.17) is 9.26 Å². The minimum Gasteiger partial charge on any atom is -0.419 e. The van der Waals surface area contributed by atoms with E-state index < -0.39 is 6.09 Å². The number of rotatable bonds is 2. The number of hydrogen-bond acceptors (Lipinski definition) is 4. The van der Waals surface area contributed by atoms with Crippen LogP contribution in [0.3, 0.4) is 0 Å². The second kappa shape index (κ2) is 4.96. The Hall–Kier alpha value is -2.37. The van der Waals surface area contributed by atoms with Crippen LogP contribution in [0.15, 0.2) is 35.6 Å². The molecule has 0 N–H and O–H groups in total. The quantitative estimate of drug-likeness (QED) is 0.791. The summed E-state index contributed by atoms with van der Waals surface area (Å²) in [4.78, 5) is 13.2. The van der Waals surface area contributed by atoms with Crippen molar-refractivity contribution in [3.63, 3.8) is 0 Å². The molecule has 2 heterocycles. The topological polar surface area (TPSA) is 55.6 Å². The van der Waals surface area contributed by atoms with Gasteiger partial charge in [0.15, 0.2) is 0 Å². The van der Waals surface area contributed by atoms with Crippen LogP contribution < -0.4 is 0 Å². The van der Waals surface area contributed by atoms with Crippen molar-refractivity contribution in [1.82, 2.24) is 10.1 Å². The Morgan fingerprint density at radius 2 is 2.45 bits per heavy atom. The third-order valence-electron chi connectivity index (χ3n) is 3.47. The highest BCUT2D eigenvalue weighted by Crippen LogP contribution is 2.32. The number of amides is 1. The molecule has 3 rings (SSSR count). The van der Waals surface area contributed by atoms with Gasteiger partial charge < -0.3 is 14.2 Å². The van der Waals surface area contributed by atoms with E-state index in [0.29, 0.717) is 24.4 Å². The number of aromatic nitrogens is 1. The van der Waals surface area contributed by atoms with E-state index in [9.17, 15) is 9.18 Å². The van der Waals surface area contributed by atoms with E-state index >= 15 is 0 Å². The molecule has 1 fully saturated rings. The molecule has 0 aliphatic carbocycles. The monoisotopic (exact) mass is 276 g/mol. The Bertz CT molecular complexity index is 667. The van der Waals surface area contributed by atoms with Gasteiger partial charge in [-0.2, -0.15) is 0 Å². The van der Waals surface area contributed by atoms with Crippen molar-refractivity contribution in [3.8, 4) is 0 Å². The van der Waals surface area contributed by atoms with E-state index in [2.05, 4.69) is 11.7 Å². The fraction of sp³-hybridized carbons (Fsp3) is 0.286. The maximum absolute atomic E-state index is 13.1. The molecule has 1 aliphatic rings. The second-order valence-corrected chi connectivity index (χ2v) is 4.69. The number of hydrogen-bond donors (Lipinski definition) is 0. The van der Waals surface area contributed by atoms with Gasteiger partial charge in [0.1, 0.15) is 17.1 Å². The summed E-state index contributed by atoms with van der Waals surface area (Å²) in [5.74, 6) is 0.386. The van der Waals surface area contributed by atoms with Crippen molar-refractivity contribution >= 4 is 17.0 Å². The van der Waals surface area contributed by atoms with Crippen molar-refractivity contribution in [3.05, 3.63) is 42.6 Å². The SMILES string of the molecule is C=COC(=O)N1CCC(c2onc3cc(F)ccc23)C1. The van der Waals surface area contributed by atoms with Gasteiger partial charge in [0.2, 0.25) is 0 Å². The molecule has 1 saturated heterocycles. The standard InChI is InChI=1S/C14H13FN2O3/c1-2-19-14(18)17-6-5-9(8-17)13-11-4-3-10(15)7-12(11)16-20-13/h2-4,7,9H,1,5-6,8H2. The van der Waals surface area contributed by atoms with Gasteiger partial charge in [0, 0.05) is 30.5 Å². The Morgan fingerprint density at radius 3 is 3.25 bits per heavy atom. The van der Waals surface area contributed by atoms with E-state index in [1.165, 1.54) is 12.1 Å². The number of carbonyl (C=O) groups is 1. The van der Waals surface area contributed by atoms with Gasteiger partial charge in [-0.1, -0.05) is 11.7 Å². The highest BCUT2D eigenvalue weighted by atomic mass is 19.1. The van der Waals surface area contributed by atoms with Gasteiger partial charge in [-0.25, -0.2) is 9.18 Å².